The smallest absolute Gasteiger partial charge is 0.188 e. The molecule has 0 aliphatic rings. The third-order valence-corrected chi connectivity index (χ3v) is 2.97. The maximum atomic E-state index is 12.6. The second kappa shape index (κ2) is 4.96. The van der Waals surface area contributed by atoms with E-state index in [0.29, 0.717) is 12.1 Å². The summed E-state index contributed by atoms with van der Waals surface area (Å²) in [6.07, 6.45) is 0.698. The van der Waals surface area contributed by atoms with Crippen LogP contribution in [-0.2, 0) is 6.42 Å². The fraction of sp³-hybridized carbons (Fsp3) is 0.400. The molecule has 2 rings (SSSR count). The third-order valence-electron chi connectivity index (χ3n) is 2.97. The quantitative estimate of drug-likeness (QED) is 0.794. The summed E-state index contributed by atoms with van der Waals surface area (Å²) in [6, 6.07) is 9.63. The van der Waals surface area contributed by atoms with E-state index < -0.39 is 5.41 Å². The van der Waals surface area contributed by atoms with E-state index in [-0.39, 0.29) is 5.78 Å². The highest BCUT2D eigenvalue weighted by atomic mass is 16.1. The van der Waals surface area contributed by atoms with Crippen molar-refractivity contribution < 1.29 is 4.79 Å². The fourth-order valence-electron chi connectivity index (χ4n) is 1.88. The molecule has 0 fully saturated rings. The van der Waals surface area contributed by atoms with Crippen molar-refractivity contribution in [2.75, 3.05) is 0 Å². The maximum Gasteiger partial charge on any atom is 0.188 e. The predicted octanol–water partition coefficient (Wildman–Crippen LogP) is 3.06. The van der Waals surface area contributed by atoms with Crippen molar-refractivity contribution in [1.29, 1.82) is 0 Å². The molecule has 4 heteroatoms. The summed E-state index contributed by atoms with van der Waals surface area (Å²) >= 11 is 0. The number of para-hydroxylation sites is 1. The largest absolute Gasteiger partial charge is 0.292 e. The summed E-state index contributed by atoms with van der Waals surface area (Å²) in [4.78, 5) is 12.6. The highest BCUT2D eigenvalue weighted by Crippen LogP contribution is 2.24. The second-order valence-electron chi connectivity index (χ2n) is 5.56. The van der Waals surface area contributed by atoms with Crippen LogP contribution in [0, 0.1) is 5.41 Å². The van der Waals surface area contributed by atoms with Crippen LogP contribution >= 0.6 is 0 Å². The molecule has 0 aliphatic carbocycles. The van der Waals surface area contributed by atoms with Crippen LogP contribution in [0.3, 0.4) is 0 Å². The Kier molecular flexibility index (Phi) is 3.51. The zero-order valence-corrected chi connectivity index (χ0v) is 11.8. The number of rotatable bonds is 3. The van der Waals surface area contributed by atoms with Crippen LogP contribution in [-0.4, -0.2) is 20.8 Å². The number of carbonyl (C=O) groups excluding carboxylic acids is 1. The fourth-order valence-corrected chi connectivity index (χ4v) is 1.88. The van der Waals surface area contributed by atoms with Crippen molar-refractivity contribution in [2.24, 2.45) is 5.41 Å². The highest BCUT2D eigenvalue weighted by Gasteiger charge is 2.29. The Morgan fingerprint density at radius 1 is 1.21 bits per heavy atom. The Morgan fingerprint density at radius 3 is 2.37 bits per heavy atom. The van der Waals surface area contributed by atoms with E-state index in [0.717, 1.165) is 11.4 Å². The average molecular weight is 257 g/mol. The van der Waals surface area contributed by atoms with Crippen LogP contribution in [0.1, 0.15) is 43.9 Å². The summed E-state index contributed by atoms with van der Waals surface area (Å²) in [7, 11) is 0. The first-order valence-corrected chi connectivity index (χ1v) is 6.50. The van der Waals surface area contributed by atoms with Crippen LogP contribution in [0.25, 0.3) is 5.69 Å². The number of aromatic nitrogens is 3. The summed E-state index contributed by atoms with van der Waals surface area (Å²) in [5.41, 5.74) is 1.77. The topological polar surface area (TPSA) is 47.8 Å². The summed E-state index contributed by atoms with van der Waals surface area (Å²) in [5.74, 6) is 0.0678. The molecule has 1 aromatic carbocycles. The van der Waals surface area contributed by atoms with E-state index in [4.69, 9.17) is 0 Å². The molecule has 0 spiro atoms. The monoisotopic (exact) mass is 257 g/mol. The van der Waals surface area contributed by atoms with Gasteiger partial charge in [0.1, 0.15) is 5.69 Å². The van der Waals surface area contributed by atoms with E-state index in [1.165, 1.54) is 0 Å². The maximum absolute atomic E-state index is 12.6. The first-order valence-electron chi connectivity index (χ1n) is 6.50. The lowest BCUT2D eigenvalue weighted by Crippen LogP contribution is -2.24. The minimum atomic E-state index is -0.446. The third kappa shape index (κ3) is 2.57. The van der Waals surface area contributed by atoms with Gasteiger partial charge in [-0.2, -0.15) is 0 Å². The molecule has 0 aliphatic heterocycles. The molecule has 0 unspecified atom stereocenters. The number of hydrogen-bond donors (Lipinski definition) is 0. The van der Waals surface area contributed by atoms with E-state index in [9.17, 15) is 4.79 Å². The molecule has 1 aromatic heterocycles. The van der Waals surface area contributed by atoms with Crippen molar-refractivity contribution in [3.63, 3.8) is 0 Å². The summed E-state index contributed by atoms with van der Waals surface area (Å²) in [5, 5.41) is 8.28. The van der Waals surface area contributed by atoms with Gasteiger partial charge in [-0.3, -0.25) is 4.79 Å². The summed E-state index contributed by atoms with van der Waals surface area (Å²) < 4.78 is 1.65. The van der Waals surface area contributed by atoms with Gasteiger partial charge in [0.15, 0.2) is 5.78 Å². The number of carbonyl (C=O) groups is 1. The van der Waals surface area contributed by atoms with Gasteiger partial charge in [-0.05, 0) is 18.6 Å². The molecule has 2 aromatic rings. The van der Waals surface area contributed by atoms with Crippen molar-refractivity contribution in [3.05, 3.63) is 41.7 Å². The van der Waals surface area contributed by atoms with Crippen LogP contribution < -0.4 is 0 Å². The minimum absolute atomic E-state index is 0.0678. The Hall–Kier alpha value is -1.97. The van der Waals surface area contributed by atoms with Gasteiger partial charge in [0, 0.05) is 5.41 Å². The van der Waals surface area contributed by atoms with Gasteiger partial charge in [-0.15, -0.1) is 5.10 Å². The Balaban J connectivity index is 2.59. The molecule has 4 nitrogen and oxygen atoms in total. The van der Waals surface area contributed by atoms with Crippen LogP contribution in [0.4, 0.5) is 0 Å². The van der Waals surface area contributed by atoms with Crippen molar-refractivity contribution in [2.45, 2.75) is 34.1 Å². The normalized spacial score (nSPS) is 11.6. The Labute approximate surface area is 113 Å². The molecular weight excluding hydrogens is 238 g/mol. The SMILES string of the molecule is CCc1nnn(-c2ccccc2)c1C(=O)C(C)(C)C. The number of aryl methyl sites for hydroxylation is 1. The van der Waals surface area contributed by atoms with E-state index in [1.54, 1.807) is 4.68 Å². The lowest BCUT2D eigenvalue weighted by Gasteiger charge is -2.17. The molecule has 0 N–H and O–H groups in total. The molecule has 0 bridgehead atoms. The number of nitrogens with zero attached hydrogens (tertiary/aromatic N) is 3. The van der Waals surface area contributed by atoms with Gasteiger partial charge in [0.05, 0.1) is 11.4 Å². The number of Topliss-reactive ketones (excluding diaryl/α,β-unsaturated/α-hetero) is 1. The van der Waals surface area contributed by atoms with Gasteiger partial charge in [0.25, 0.3) is 0 Å². The number of hydrogen-bond acceptors (Lipinski definition) is 3. The molecule has 0 radical (unpaired) electrons. The van der Waals surface area contributed by atoms with Gasteiger partial charge in [0.2, 0.25) is 0 Å². The molecule has 19 heavy (non-hydrogen) atoms. The van der Waals surface area contributed by atoms with Crippen LogP contribution in [0.5, 0.6) is 0 Å². The van der Waals surface area contributed by atoms with Crippen LogP contribution in [0.2, 0.25) is 0 Å². The lowest BCUT2D eigenvalue weighted by atomic mass is 9.88. The standard InChI is InChI=1S/C15H19N3O/c1-5-12-13(14(19)15(2,3)4)18(17-16-12)11-9-7-6-8-10-11/h6-10H,5H2,1-4H3. The predicted molar refractivity (Wildman–Crippen MR) is 74.5 cm³/mol. The van der Waals surface area contributed by atoms with E-state index in [2.05, 4.69) is 10.3 Å². The van der Waals surface area contributed by atoms with Crippen LogP contribution in [0.15, 0.2) is 30.3 Å². The zero-order chi connectivity index (χ0) is 14.0. The van der Waals surface area contributed by atoms with Gasteiger partial charge >= 0.3 is 0 Å². The molecule has 0 saturated heterocycles. The first-order chi connectivity index (χ1) is 8.95. The average Bonchev–Trinajstić information content (AvgIpc) is 2.81. The van der Waals surface area contributed by atoms with Crippen molar-refractivity contribution in [3.8, 4) is 5.69 Å². The number of benzene rings is 1. The molecule has 0 amide bonds. The van der Waals surface area contributed by atoms with Crippen molar-refractivity contribution >= 4 is 5.78 Å². The minimum Gasteiger partial charge on any atom is -0.292 e. The Bertz CT molecular complexity index is 579. The number of ketones is 1. The molecule has 100 valence electrons. The van der Waals surface area contributed by atoms with Gasteiger partial charge in [-0.25, -0.2) is 4.68 Å². The highest BCUT2D eigenvalue weighted by molar-refractivity contribution is 5.99. The molecule has 0 saturated carbocycles. The Morgan fingerprint density at radius 2 is 1.84 bits per heavy atom. The molecular formula is C15H19N3O. The molecule has 0 atom stereocenters. The zero-order valence-electron chi connectivity index (χ0n) is 11.8. The van der Waals surface area contributed by atoms with E-state index in [1.807, 2.05) is 58.0 Å². The first kappa shape index (κ1) is 13.5. The van der Waals surface area contributed by atoms with E-state index >= 15 is 0 Å². The summed E-state index contributed by atoms with van der Waals surface area (Å²) in [6.45, 7) is 7.73. The van der Waals surface area contributed by atoms with Gasteiger partial charge < -0.3 is 0 Å². The molecule has 1 heterocycles. The van der Waals surface area contributed by atoms with Crippen molar-refractivity contribution in [1.82, 2.24) is 15.0 Å². The lowest BCUT2D eigenvalue weighted by molar-refractivity contribution is 0.0849. The van der Waals surface area contributed by atoms with Gasteiger partial charge in [-0.1, -0.05) is 51.1 Å². The second-order valence-corrected chi connectivity index (χ2v) is 5.56.